The SMILES string of the molecule is Cc1ccc(S(=O)(=O)N2CCOc3cc4ncnc(Nc5cccc(Br)c5)c4cc3OCC2)cc1. The molecule has 2 heterocycles. The molecule has 1 aliphatic heterocycles. The van der Waals surface area contributed by atoms with Crippen LogP contribution in [-0.4, -0.2) is 49.0 Å². The summed E-state index contributed by atoms with van der Waals surface area (Å²) in [6.45, 7) is 2.68. The van der Waals surface area contributed by atoms with E-state index < -0.39 is 10.0 Å². The third-order valence-electron chi connectivity index (χ3n) is 5.64. The number of sulfonamides is 1. The fraction of sp³-hybridized carbons (Fsp3) is 0.200. The Hall–Kier alpha value is -3.21. The molecular formula is C25H23BrN4O4S. The largest absolute Gasteiger partial charge is 0.488 e. The number of aromatic nitrogens is 2. The van der Waals surface area contributed by atoms with Gasteiger partial charge in [0.2, 0.25) is 10.0 Å². The zero-order valence-electron chi connectivity index (χ0n) is 18.9. The van der Waals surface area contributed by atoms with Crippen molar-refractivity contribution in [3.63, 3.8) is 0 Å². The lowest BCUT2D eigenvalue weighted by atomic mass is 10.2. The number of fused-ring (bicyclic) bond motifs is 2. The Bertz CT molecular complexity index is 1480. The second-order valence-corrected chi connectivity index (χ2v) is 10.9. The molecule has 0 saturated carbocycles. The quantitative estimate of drug-likeness (QED) is 0.383. The first-order valence-corrected chi connectivity index (χ1v) is 13.3. The lowest BCUT2D eigenvalue weighted by Gasteiger charge is -2.21. The van der Waals surface area contributed by atoms with Gasteiger partial charge in [-0.2, -0.15) is 4.31 Å². The molecule has 0 fully saturated rings. The van der Waals surface area contributed by atoms with Crippen molar-refractivity contribution in [1.29, 1.82) is 0 Å². The summed E-state index contributed by atoms with van der Waals surface area (Å²) in [5, 5.41) is 4.08. The Morgan fingerprint density at radius 3 is 2.37 bits per heavy atom. The third kappa shape index (κ3) is 5.09. The van der Waals surface area contributed by atoms with Crippen LogP contribution < -0.4 is 14.8 Å². The summed E-state index contributed by atoms with van der Waals surface area (Å²) in [6, 6.07) is 18.2. The van der Waals surface area contributed by atoms with Crippen LogP contribution in [0.5, 0.6) is 11.5 Å². The van der Waals surface area contributed by atoms with Crippen molar-refractivity contribution in [1.82, 2.24) is 14.3 Å². The molecule has 180 valence electrons. The van der Waals surface area contributed by atoms with Crippen molar-refractivity contribution in [2.75, 3.05) is 31.6 Å². The van der Waals surface area contributed by atoms with Crippen molar-refractivity contribution < 1.29 is 17.9 Å². The van der Waals surface area contributed by atoms with E-state index in [4.69, 9.17) is 9.47 Å². The van der Waals surface area contributed by atoms with Gasteiger partial charge in [-0.1, -0.05) is 39.7 Å². The van der Waals surface area contributed by atoms with Crippen molar-refractivity contribution in [3.05, 3.63) is 77.0 Å². The molecule has 0 bridgehead atoms. The molecule has 1 aliphatic rings. The summed E-state index contributed by atoms with van der Waals surface area (Å²) in [6.07, 6.45) is 1.49. The molecule has 0 spiro atoms. The number of rotatable bonds is 4. The second-order valence-electron chi connectivity index (χ2n) is 8.09. The average molecular weight is 555 g/mol. The van der Waals surface area contributed by atoms with Gasteiger partial charge < -0.3 is 14.8 Å². The smallest absolute Gasteiger partial charge is 0.243 e. The number of nitrogens with zero attached hydrogens (tertiary/aromatic N) is 3. The molecule has 4 aromatic rings. The van der Waals surface area contributed by atoms with Crippen LogP contribution in [0.2, 0.25) is 0 Å². The topological polar surface area (TPSA) is 93.7 Å². The third-order valence-corrected chi connectivity index (χ3v) is 8.05. The maximum atomic E-state index is 13.2. The fourth-order valence-electron chi connectivity index (χ4n) is 3.82. The minimum absolute atomic E-state index is 0.176. The standard InChI is InChI=1S/C25H23BrN4O4S/c1-17-5-7-20(8-6-17)35(31,32)30-9-11-33-23-14-21-22(15-24(23)34-12-10-30)27-16-28-25(21)29-19-4-2-3-18(26)13-19/h2-8,13-16H,9-12H2,1H3,(H,27,28,29). The first-order valence-electron chi connectivity index (χ1n) is 11.0. The highest BCUT2D eigenvalue weighted by Gasteiger charge is 2.26. The van der Waals surface area contributed by atoms with Crippen molar-refractivity contribution in [2.24, 2.45) is 0 Å². The molecule has 0 amide bonds. The fourth-order valence-corrected chi connectivity index (χ4v) is 5.63. The summed E-state index contributed by atoms with van der Waals surface area (Å²) in [5.41, 5.74) is 2.56. The zero-order valence-corrected chi connectivity index (χ0v) is 21.3. The summed E-state index contributed by atoms with van der Waals surface area (Å²) in [4.78, 5) is 9.04. The van der Waals surface area contributed by atoms with Gasteiger partial charge in [0.25, 0.3) is 0 Å². The number of hydrogen-bond acceptors (Lipinski definition) is 7. The van der Waals surface area contributed by atoms with Gasteiger partial charge in [-0.3, -0.25) is 0 Å². The predicted molar refractivity (Wildman–Crippen MR) is 138 cm³/mol. The summed E-state index contributed by atoms with van der Waals surface area (Å²) >= 11 is 3.48. The number of hydrogen-bond donors (Lipinski definition) is 1. The van der Waals surface area contributed by atoms with E-state index in [2.05, 4.69) is 31.2 Å². The molecule has 3 aromatic carbocycles. The molecule has 1 N–H and O–H groups in total. The molecule has 35 heavy (non-hydrogen) atoms. The van der Waals surface area contributed by atoms with Crippen molar-refractivity contribution in [3.8, 4) is 11.5 Å². The van der Waals surface area contributed by atoms with Crippen LogP contribution in [0.15, 0.2) is 76.4 Å². The van der Waals surface area contributed by atoms with E-state index in [-0.39, 0.29) is 31.2 Å². The number of aryl methyl sites for hydroxylation is 1. The molecule has 0 saturated heterocycles. The van der Waals surface area contributed by atoms with Gasteiger partial charge >= 0.3 is 0 Å². The van der Waals surface area contributed by atoms with E-state index in [1.807, 2.05) is 37.3 Å². The van der Waals surface area contributed by atoms with E-state index in [0.717, 1.165) is 21.1 Å². The minimum atomic E-state index is -3.67. The van der Waals surface area contributed by atoms with Gasteiger partial charge in [-0.15, -0.1) is 0 Å². The zero-order chi connectivity index (χ0) is 24.4. The van der Waals surface area contributed by atoms with Crippen LogP contribution in [0.4, 0.5) is 11.5 Å². The van der Waals surface area contributed by atoms with E-state index in [1.54, 1.807) is 30.3 Å². The molecule has 0 aliphatic carbocycles. The van der Waals surface area contributed by atoms with Gasteiger partial charge in [0.15, 0.2) is 11.5 Å². The second kappa shape index (κ2) is 9.80. The monoisotopic (exact) mass is 554 g/mol. The van der Waals surface area contributed by atoms with Crippen LogP contribution in [-0.2, 0) is 10.0 Å². The Morgan fingerprint density at radius 2 is 1.66 bits per heavy atom. The normalized spacial score (nSPS) is 14.7. The highest BCUT2D eigenvalue weighted by molar-refractivity contribution is 9.10. The maximum absolute atomic E-state index is 13.2. The van der Waals surface area contributed by atoms with Crippen LogP contribution >= 0.6 is 15.9 Å². The average Bonchev–Trinajstić information content (AvgIpc) is 2.94. The molecule has 0 radical (unpaired) electrons. The molecule has 1 aromatic heterocycles. The number of benzene rings is 3. The molecule has 5 rings (SSSR count). The first-order chi connectivity index (χ1) is 16.9. The van der Waals surface area contributed by atoms with Gasteiger partial charge in [0.05, 0.1) is 10.4 Å². The van der Waals surface area contributed by atoms with E-state index >= 15 is 0 Å². The Kier molecular flexibility index (Phi) is 6.59. The van der Waals surface area contributed by atoms with Crippen LogP contribution in [0.3, 0.4) is 0 Å². The number of ether oxygens (including phenoxy) is 2. The Morgan fingerprint density at radius 1 is 0.943 bits per heavy atom. The van der Waals surface area contributed by atoms with E-state index in [1.165, 1.54) is 10.6 Å². The molecule has 10 heteroatoms. The summed E-state index contributed by atoms with van der Waals surface area (Å²) in [7, 11) is -3.67. The summed E-state index contributed by atoms with van der Waals surface area (Å²) < 4.78 is 40.6. The lowest BCUT2D eigenvalue weighted by molar-refractivity contribution is 0.271. The predicted octanol–water partition coefficient (Wildman–Crippen LogP) is 4.91. The molecule has 0 unspecified atom stereocenters. The van der Waals surface area contributed by atoms with E-state index in [9.17, 15) is 8.42 Å². The summed E-state index contributed by atoms with van der Waals surface area (Å²) in [5.74, 6) is 1.65. The van der Waals surface area contributed by atoms with Gasteiger partial charge in [-0.05, 0) is 43.3 Å². The van der Waals surface area contributed by atoms with Gasteiger partial charge in [-0.25, -0.2) is 18.4 Å². The molecule has 8 nitrogen and oxygen atoms in total. The number of halogens is 1. The van der Waals surface area contributed by atoms with Gasteiger partial charge in [0, 0.05) is 34.7 Å². The van der Waals surface area contributed by atoms with Crippen LogP contribution in [0.25, 0.3) is 10.9 Å². The van der Waals surface area contributed by atoms with Crippen molar-refractivity contribution in [2.45, 2.75) is 11.8 Å². The maximum Gasteiger partial charge on any atom is 0.243 e. The Balaban J connectivity index is 1.41. The van der Waals surface area contributed by atoms with Crippen molar-refractivity contribution >= 4 is 48.4 Å². The van der Waals surface area contributed by atoms with E-state index in [0.29, 0.717) is 22.8 Å². The number of nitrogens with one attached hydrogen (secondary N) is 1. The van der Waals surface area contributed by atoms with Crippen LogP contribution in [0.1, 0.15) is 5.56 Å². The first kappa shape index (κ1) is 23.5. The highest BCUT2D eigenvalue weighted by atomic mass is 79.9. The van der Waals surface area contributed by atoms with Gasteiger partial charge in [0.1, 0.15) is 25.4 Å². The molecular weight excluding hydrogens is 532 g/mol. The number of anilines is 2. The minimum Gasteiger partial charge on any atom is -0.488 e. The highest BCUT2D eigenvalue weighted by Crippen LogP contribution is 2.35. The Labute approximate surface area is 212 Å². The molecule has 0 atom stereocenters. The lowest BCUT2D eigenvalue weighted by Crippen LogP contribution is -2.37. The van der Waals surface area contributed by atoms with Crippen LogP contribution in [0, 0.1) is 6.92 Å².